The lowest BCUT2D eigenvalue weighted by Crippen LogP contribution is -2.46. The van der Waals surface area contributed by atoms with Gasteiger partial charge in [0.15, 0.2) is 0 Å². The van der Waals surface area contributed by atoms with E-state index < -0.39 is 0 Å². The normalized spacial score (nSPS) is 17.1. The second-order valence-electron chi connectivity index (χ2n) is 5.87. The van der Waals surface area contributed by atoms with Crippen molar-refractivity contribution in [3.8, 4) is 0 Å². The van der Waals surface area contributed by atoms with Gasteiger partial charge >= 0.3 is 0 Å². The molecule has 0 spiro atoms. The van der Waals surface area contributed by atoms with Gasteiger partial charge in [0.25, 0.3) is 0 Å². The molecule has 1 saturated carbocycles. The molecule has 0 saturated heterocycles. The molecule has 1 rings (SSSR count). The highest BCUT2D eigenvalue weighted by molar-refractivity contribution is 7.80. The molecule has 0 unspecified atom stereocenters. The third kappa shape index (κ3) is 5.07. The maximum absolute atomic E-state index is 12.4. The number of nitrogens with two attached hydrogens (primary N) is 1. The maximum Gasteiger partial charge on any atom is 0.225 e. The zero-order valence-corrected chi connectivity index (χ0v) is 13.1. The van der Waals surface area contributed by atoms with Crippen LogP contribution in [0.15, 0.2) is 0 Å². The van der Waals surface area contributed by atoms with E-state index in [9.17, 15) is 4.79 Å². The van der Waals surface area contributed by atoms with Crippen LogP contribution in [0, 0.1) is 5.92 Å². The SMILES string of the molecule is COC1(CC(=O)N(CCC(N)=S)CC(C)C)CCC1. The van der Waals surface area contributed by atoms with E-state index in [2.05, 4.69) is 13.8 Å². The Labute approximate surface area is 121 Å². The monoisotopic (exact) mass is 286 g/mol. The summed E-state index contributed by atoms with van der Waals surface area (Å²) in [5.41, 5.74) is 5.32. The first-order valence-electron chi connectivity index (χ1n) is 7.00. The van der Waals surface area contributed by atoms with Gasteiger partial charge in [-0.2, -0.15) is 0 Å². The number of carbonyl (C=O) groups excluding carboxylic acids is 1. The Morgan fingerprint density at radius 1 is 1.47 bits per heavy atom. The Kier molecular flexibility index (Phi) is 6.20. The average molecular weight is 286 g/mol. The summed E-state index contributed by atoms with van der Waals surface area (Å²) in [5.74, 6) is 0.599. The van der Waals surface area contributed by atoms with Crippen LogP contribution in [0.25, 0.3) is 0 Å². The standard InChI is InChI=1S/C14H26N2O2S/c1-11(2)10-16(8-5-12(15)19)13(17)9-14(18-3)6-4-7-14/h11H,4-10H2,1-3H3,(H2,15,19). The minimum Gasteiger partial charge on any atom is -0.393 e. The molecule has 4 nitrogen and oxygen atoms in total. The Balaban J connectivity index is 2.57. The van der Waals surface area contributed by atoms with Gasteiger partial charge in [-0.1, -0.05) is 26.1 Å². The fourth-order valence-corrected chi connectivity index (χ4v) is 2.51. The van der Waals surface area contributed by atoms with Crippen molar-refractivity contribution in [2.24, 2.45) is 11.7 Å². The Morgan fingerprint density at radius 3 is 2.47 bits per heavy atom. The van der Waals surface area contributed by atoms with Crippen LogP contribution in [-0.4, -0.2) is 41.6 Å². The highest BCUT2D eigenvalue weighted by Gasteiger charge is 2.40. The quantitative estimate of drug-likeness (QED) is 0.694. The van der Waals surface area contributed by atoms with E-state index in [0.717, 1.165) is 25.8 Å². The second kappa shape index (κ2) is 7.20. The summed E-state index contributed by atoms with van der Waals surface area (Å²) >= 11 is 4.90. The van der Waals surface area contributed by atoms with Crippen LogP contribution in [0.5, 0.6) is 0 Å². The van der Waals surface area contributed by atoms with Gasteiger partial charge in [0.2, 0.25) is 5.91 Å². The van der Waals surface area contributed by atoms with Crippen LogP contribution in [0.1, 0.15) is 46.0 Å². The fraction of sp³-hybridized carbons (Fsp3) is 0.857. The number of hydrogen-bond donors (Lipinski definition) is 1. The Bertz CT molecular complexity index is 322. The topological polar surface area (TPSA) is 55.6 Å². The van der Waals surface area contributed by atoms with Crippen molar-refractivity contribution in [1.82, 2.24) is 4.90 Å². The van der Waals surface area contributed by atoms with Crippen LogP contribution >= 0.6 is 12.2 Å². The molecule has 1 aliphatic carbocycles. The zero-order valence-electron chi connectivity index (χ0n) is 12.3. The molecule has 0 radical (unpaired) electrons. The van der Waals surface area contributed by atoms with Gasteiger partial charge in [0, 0.05) is 26.6 Å². The largest absolute Gasteiger partial charge is 0.393 e. The van der Waals surface area contributed by atoms with Crippen molar-refractivity contribution in [2.75, 3.05) is 20.2 Å². The van der Waals surface area contributed by atoms with Gasteiger partial charge in [0.1, 0.15) is 0 Å². The Morgan fingerprint density at radius 2 is 2.11 bits per heavy atom. The first kappa shape index (κ1) is 16.4. The summed E-state index contributed by atoms with van der Waals surface area (Å²) in [6, 6.07) is 0. The number of hydrogen-bond acceptors (Lipinski definition) is 3. The molecule has 0 aromatic heterocycles. The van der Waals surface area contributed by atoms with Crippen molar-refractivity contribution in [2.45, 2.75) is 51.6 Å². The highest BCUT2D eigenvalue weighted by atomic mass is 32.1. The molecule has 0 aromatic carbocycles. The summed E-state index contributed by atoms with van der Waals surface area (Å²) in [6.07, 6.45) is 4.19. The smallest absolute Gasteiger partial charge is 0.225 e. The lowest BCUT2D eigenvalue weighted by Gasteiger charge is -2.41. The number of rotatable bonds is 8. The van der Waals surface area contributed by atoms with E-state index in [4.69, 9.17) is 22.7 Å². The third-order valence-corrected chi connectivity index (χ3v) is 3.94. The number of carbonyl (C=O) groups is 1. The summed E-state index contributed by atoms with van der Waals surface area (Å²) in [7, 11) is 1.70. The molecule has 0 heterocycles. The van der Waals surface area contributed by atoms with Crippen LogP contribution in [0.3, 0.4) is 0 Å². The summed E-state index contributed by atoms with van der Waals surface area (Å²) in [4.78, 5) is 14.8. The van der Waals surface area contributed by atoms with Crippen LogP contribution in [-0.2, 0) is 9.53 Å². The molecule has 0 aromatic rings. The van der Waals surface area contributed by atoms with Gasteiger partial charge in [-0.25, -0.2) is 0 Å². The first-order chi connectivity index (χ1) is 8.88. The highest BCUT2D eigenvalue weighted by Crippen LogP contribution is 2.38. The molecule has 2 N–H and O–H groups in total. The molecule has 110 valence electrons. The summed E-state index contributed by atoms with van der Waals surface area (Å²) in [6.45, 7) is 5.58. The summed E-state index contributed by atoms with van der Waals surface area (Å²) < 4.78 is 5.53. The predicted octanol–water partition coefficient (Wildman–Crippen LogP) is 2.11. The van der Waals surface area contributed by atoms with Gasteiger partial charge in [-0.15, -0.1) is 0 Å². The van der Waals surface area contributed by atoms with Crippen molar-refractivity contribution in [1.29, 1.82) is 0 Å². The molecule has 1 amide bonds. The van der Waals surface area contributed by atoms with Crippen LogP contribution in [0.4, 0.5) is 0 Å². The molecule has 0 aliphatic heterocycles. The lowest BCUT2D eigenvalue weighted by molar-refractivity contribution is -0.144. The van der Waals surface area contributed by atoms with E-state index in [0.29, 0.717) is 30.3 Å². The zero-order chi connectivity index (χ0) is 14.5. The molecule has 0 atom stereocenters. The third-order valence-electron chi connectivity index (χ3n) is 3.74. The van der Waals surface area contributed by atoms with E-state index in [1.54, 1.807) is 7.11 Å². The van der Waals surface area contributed by atoms with Crippen molar-refractivity contribution < 1.29 is 9.53 Å². The van der Waals surface area contributed by atoms with E-state index in [1.807, 2.05) is 4.90 Å². The van der Waals surface area contributed by atoms with Gasteiger partial charge < -0.3 is 15.4 Å². The van der Waals surface area contributed by atoms with Crippen molar-refractivity contribution in [3.05, 3.63) is 0 Å². The minimum absolute atomic E-state index is 0.159. The molecule has 5 heteroatoms. The molecule has 0 bridgehead atoms. The van der Waals surface area contributed by atoms with Gasteiger partial charge in [-0.3, -0.25) is 4.79 Å². The van der Waals surface area contributed by atoms with Crippen LogP contribution in [0.2, 0.25) is 0 Å². The molecular weight excluding hydrogens is 260 g/mol. The van der Waals surface area contributed by atoms with E-state index in [1.165, 1.54) is 0 Å². The van der Waals surface area contributed by atoms with Crippen molar-refractivity contribution >= 4 is 23.1 Å². The average Bonchev–Trinajstić information content (AvgIpc) is 2.28. The number of amides is 1. The predicted molar refractivity (Wildman–Crippen MR) is 81.0 cm³/mol. The molecule has 19 heavy (non-hydrogen) atoms. The Hall–Kier alpha value is -0.680. The molecule has 1 fully saturated rings. The van der Waals surface area contributed by atoms with E-state index in [-0.39, 0.29) is 11.5 Å². The van der Waals surface area contributed by atoms with Crippen LogP contribution < -0.4 is 5.73 Å². The number of thiocarbonyl (C=S) groups is 1. The van der Waals surface area contributed by atoms with Gasteiger partial charge in [0.05, 0.1) is 17.0 Å². The number of methoxy groups -OCH3 is 1. The molecule has 1 aliphatic rings. The molecular formula is C14H26N2O2S. The number of ether oxygens (including phenoxy) is 1. The maximum atomic E-state index is 12.4. The minimum atomic E-state index is -0.213. The summed E-state index contributed by atoms with van der Waals surface area (Å²) in [5, 5.41) is 0. The van der Waals surface area contributed by atoms with Gasteiger partial charge in [-0.05, 0) is 25.2 Å². The van der Waals surface area contributed by atoms with E-state index >= 15 is 0 Å². The number of nitrogens with zero attached hydrogens (tertiary/aromatic N) is 1. The first-order valence-corrected chi connectivity index (χ1v) is 7.40. The fourth-order valence-electron chi connectivity index (χ4n) is 2.42. The second-order valence-corrected chi connectivity index (χ2v) is 6.39. The lowest BCUT2D eigenvalue weighted by atomic mass is 9.77. The van der Waals surface area contributed by atoms with Crippen molar-refractivity contribution in [3.63, 3.8) is 0 Å².